The molecule has 1 saturated heterocycles. The van der Waals surface area contributed by atoms with Gasteiger partial charge >= 0.3 is 0 Å². The highest BCUT2D eigenvalue weighted by atomic mass is 35.5. The first kappa shape index (κ1) is 13.9. The second-order valence-corrected chi connectivity index (χ2v) is 5.48. The van der Waals surface area contributed by atoms with Crippen molar-refractivity contribution in [2.24, 2.45) is 5.41 Å². The molecule has 1 aromatic carbocycles. The number of hydrogen-bond acceptors (Lipinski definition) is 3. The van der Waals surface area contributed by atoms with E-state index in [9.17, 15) is 4.79 Å². The van der Waals surface area contributed by atoms with E-state index in [0.29, 0.717) is 16.3 Å². The maximum atomic E-state index is 12.3. The second-order valence-electron chi connectivity index (χ2n) is 5.07. The lowest BCUT2D eigenvalue weighted by Gasteiger charge is -2.32. The average molecular weight is 278 g/mol. The quantitative estimate of drug-likeness (QED) is 0.873. The molecular formula is C14H16ClN3O. The van der Waals surface area contributed by atoms with Crippen molar-refractivity contribution in [3.63, 3.8) is 0 Å². The number of amides is 1. The fourth-order valence-corrected chi connectivity index (χ4v) is 2.39. The van der Waals surface area contributed by atoms with Gasteiger partial charge in [-0.05, 0) is 44.1 Å². The lowest BCUT2D eigenvalue weighted by atomic mass is 9.80. The van der Waals surface area contributed by atoms with E-state index in [1.165, 1.54) is 0 Å². The van der Waals surface area contributed by atoms with Gasteiger partial charge in [-0.15, -0.1) is 0 Å². The van der Waals surface area contributed by atoms with E-state index in [-0.39, 0.29) is 11.3 Å². The van der Waals surface area contributed by atoms with Gasteiger partial charge in [0.2, 0.25) is 5.91 Å². The topological polar surface area (TPSA) is 64.9 Å². The minimum absolute atomic E-state index is 0.00905. The first-order valence-electron chi connectivity index (χ1n) is 6.27. The van der Waals surface area contributed by atoms with Crippen LogP contribution in [-0.2, 0) is 4.79 Å². The van der Waals surface area contributed by atoms with Crippen LogP contribution in [0.5, 0.6) is 0 Å². The number of anilines is 1. The zero-order valence-electron chi connectivity index (χ0n) is 10.8. The number of nitriles is 1. The zero-order valence-corrected chi connectivity index (χ0v) is 11.5. The van der Waals surface area contributed by atoms with E-state index in [0.717, 1.165) is 25.9 Å². The summed E-state index contributed by atoms with van der Waals surface area (Å²) in [5.74, 6) is 0.00905. The summed E-state index contributed by atoms with van der Waals surface area (Å²) in [6.45, 7) is 3.70. The van der Waals surface area contributed by atoms with Crippen molar-refractivity contribution >= 4 is 23.2 Å². The smallest absolute Gasteiger partial charge is 0.230 e. The van der Waals surface area contributed by atoms with Gasteiger partial charge in [-0.2, -0.15) is 5.26 Å². The van der Waals surface area contributed by atoms with Crippen molar-refractivity contribution in [3.8, 4) is 6.07 Å². The van der Waals surface area contributed by atoms with Gasteiger partial charge in [0.25, 0.3) is 0 Å². The Kier molecular flexibility index (Phi) is 4.08. The number of nitrogens with one attached hydrogen (secondary N) is 2. The maximum Gasteiger partial charge on any atom is 0.230 e. The standard InChI is InChI=1S/C14H16ClN3O/c1-14(4-6-17-7-5-14)13(19)18-11-3-2-10(9-16)12(15)8-11/h2-3,8,17H,4-7H2,1H3,(H,18,19). The highest BCUT2D eigenvalue weighted by Gasteiger charge is 2.34. The Morgan fingerprint density at radius 1 is 1.47 bits per heavy atom. The van der Waals surface area contributed by atoms with Gasteiger partial charge in [0.1, 0.15) is 6.07 Å². The lowest BCUT2D eigenvalue weighted by molar-refractivity contribution is -0.126. The molecule has 1 aromatic rings. The maximum absolute atomic E-state index is 12.3. The van der Waals surface area contributed by atoms with E-state index < -0.39 is 0 Å². The Balaban J connectivity index is 2.10. The number of halogens is 1. The van der Waals surface area contributed by atoms with E-state index in [1.807, 2.05) is 13.0 Å². The second kappa shape index (κ2) is 5.60. The summed E-state index contributed by atoms with van der Waals surface area (Å²) in [6, 6.07) is 6.92. The van der Waals surface area contributed by atoms with Crippen LogP contribution < -0.4 is 10.6 Å². The van der Waals surface area contributed by atoms with Gasteiger partial charge in [-0.3, -0.25) is 4.79 Å². The predicted molar refractivity (Wildman–Crippen MR) is 75.0 cm³/mol. The third kappa shape index (κ3) is 3.06. The largest absolute Gasteiger partial charge is 0.326 e. The van der Waals surface area contributed by atoms with Crippen molar-refractivity contribution in [2.75, 3.05) is 18.4 Å². The number of carbonyl (C=O) groups excluding carboxylic acids is 1. The Labute approximate surface area is 117 Å². The molecule has 1 aliphatic rings. The van der Waals surface area contributed by atoms with Crippen LogP contribution in [0.4, 0.5) is 5.69 Å². The molecule has 0 saturated carbocycles. The number of nitrogens with zero attached hydrogens (tertiary/aromatic N) is 1. The molecule has 0 bridgehead atoms. The van der Waals surface area contributed by atoms with Crippen molar-refractivity contribution in [3.05, 3.63) is 28.8 Å². The van der Waals surface area contributed by atoms with E-state index in [2.05, 4.69) is 10.6 Å². The zero-order chi connectivity index (χ0) is 13.9. The summed E-state index contributed by atoms with van der Waals surface area (Å²) in [7, 11) is 0. The molecule has 2 N–H and O–H groups in total. The van der Waals surface area contributed by atoms with Crippen LogP contribution in [0.3, 0.4) is 0 Å². The van der Waals surface area contributed by atoms with Gasteiger partial charge in [-0.1, -0.05) is 18.5 Å². The third-order valence-corrected chi connectivity index (χ3v) is 3.92. The number of piperidine rings is 1. The van der Waals surface area contributed by atoms with Crippen LogP contribution in [0.15, 0.2) is 18.2 Å². The molecule has 5 heteroatoms. The minimum atomic E-state index is -0.342. The van der Waals surface area contributed by atoms with Gasteiger partial charge in [0.05, 0.1) is 10.6 Å². The Morgan fingerprint density at radius 3 is 2.74 bits per heavy atom. The fourth-order valence-electron chi connectivity index (χ4n) is 2.17. The number of hydrogen-bond donors (Lipinski definition) is 2. The average Bonchev–Trinajstić information content (AvgIpc) is 2.40. The van der Waals surface area contributed by atoms with Gasteiger partial charge in [0, 0.05) is 11.1 Å². The molecule has 1 heterocycles. The molecule has 0 radical (unpaired) electrons. The van der Waals surface area contributed by atoms with Gasteiger partial charge < -0.3 is 10.6 Å². The molecule has 0 spiro atoms. The SMILES string of the molecule is CC1(C(=O)Nc2ccc(C#N)c(Cl)c2)CCNCC1. The molecule has 0 aromatic heterocycles. The predicted octanol–water partition coefficient (Wildman–Crippen LogP) is 2.54. The summed E-state index contributed by atoms with van der Waals surface area (Å²) < 4.78 is 0. The summed E-state index contributed by atoms with van der Waals surface area (Å²) in [5, 5.41) is 15.3. The molecule has 2 rings (SSSR count). The van der Waals surface area contributed by atoms with Crippen molar-refractivity contribution < 1.29 is 4.79 Å². The number of carbonyl (C=O) groups is 1. The lowest BCUT2D eigenvalue weighted by Crippen LogP contribution is -2.42. The minimum Gasteiger partial charge on any atom is -0.326 e. The molecule has 1 aliphatic heterocycles. The summed E-state index contributed by atoms with van der Waals surface area (Å²) in [4.78, 5) is 12.3. The van der Waals surface area contributed by atoms with E-state index in [1.54, 1.807) is 18.2 Å². The molecule has 0 atom stereocenters. The fraction of sp³-hybridized carbons (Fsp3) is 0.429. The number of rotatable bonds is 2. The van der Waals surface area contributed by atoms with Crippen LogP contribution in [0.25, 0.3) is 0 Å². The van der Waals surface area contributed by atoms with Crippen molar-refractivity contribution in [2.45, 2.75) is 19.8 Å². The Hall–Kier alpha value is -1.57. The van der Waals surface area contributed by atoms with Crippen LogP contribution in [0, 0.1) is 16.7 Å². The highest BCUT2D eigenvalue weighted by Crippen LogP contribution is 2.30. The van der Waals surface area contributed by atoms with Crippen LogP contribution >= 0.6 is 11.6 Å². The molecule has 1 fully saturated rings. The van der Waals surface area contributed by atoms with Crippen LogP contribution in [0.1, 0.15) is 25.3 Å². The van der Waals surface area contributed by atoms with Crippen LogP contribution in [-0.4, -0.2) is 19.0 Å². The molecule has 1 amide bonds. The first-order chi connectivity index (χ1) is 9.05. The van der Waals surface area contributed by atoms with Gasteiger partial charge in [0.15, 0.2) is 0 Å². The molecule has 4 nitrogen and oxygen atoms in total. The van der Waals surface area contributed by atoms with Gasteiger partial charge in [-0.25, -0.2) is 0 Å². The van der Waals surface area contributed by atoms with E-state index in [4.69, 9.17) is 16.9 Å². The summed E-state index contributed by atoms with van der Waals surface area (Å²) in [5.41, 5.74) is 0.701. The molecular weight excluding hydrogens is 262 g/mol. The van der Waals surface area contributed by atoms with E-state index >= 15 is 0 Å². The van der Waals surface area contributed by atoms with Crippen molar-refractivity contribution in [1.82, 2.24) is 5.32 Å². The molecule has 0 unspecified atom stereocenters. The van der Waals surface area contributed by atoms with Crippen LogP contribution in [0.2, 0.25) is 5.02 Å². The Morgan fingerprint density at radius 2 is 2.16 bits per heavy atom. The molecule has 19 heavy (non-hydrogen) atoms. The third-order valence-electron chi connectivity index (χ3n) is 3.60. The summed E-state index contributed by atoms with van der Waals surface area (Å²) in [6.07, 6.45) is 1.64. The monoisotopic (exact) mass is 277 g/mol. The summed E-state index contributed by atoms with van der Waals surface area (Å²) >= 11 is 5.95. The molecule has 100 valence electrons. The van der Waals surface area contributed by atoms with Crippen molar-refractivity contribution in [1.29, 1.82) is 5.26 Å². The Bertz CT molecular complexity index is 530. The molecule has 0 aliphatic carbocycles. The highest BCUT2D eigenvalue weighted by molar-refractivity contribution is 6.32. The first-order valence-corrected chi connectivity index (χ1v) is 6.65. The number of benzene rings is 1. The normalized spacial score (nSPS) is 17.5.